The van der Waals surface area contributed by atoms with Crippen molar-refractivity contribution in [2.45, 2.75) is 19.0 Å². The van der Waals surface area contributed by atoms with Crippen molar-refractivity contribution in [2.24, 2.45) is 5.73 Å². The summed E-state index contributed by atoms with van der Waals surface area (Å²) in [4.78, 5) is 12.1. The van der Waals surface area contributed by atoms with E-state index in [1.807, 2.05) is 48.5 Å². The number of amides is 1. The van der Waals surface area contributed by atoms with Gasteiger partial charge in [-0.3, -0.25) is 4.79 Å². The van der Waals surface area contributed by atoms with Crippen LogP contribution >= 0.6 is 11.6 Å². The number of halogens is 1. The van der Waals surface area contributed by atoms with Crippen LogP contribution in [-0.4, -0.2) is 32.4 Å². The number of hydrogen-bond acceptors (Lipinski definition) is 4. The summed E-state index contributed by atoms with van der Waals surface area (Å²) in [5.74, 6) is -0.474. The Balaban J connectivity index is 2.03. The number of carbonyl (C=O) groups excluding carboxylic acids is 1. The Morgan fingerprint density at radius 2 is 1.80 bits per heavy atom. The summed E-state index contributed by atoms with van der Waals surface area (Å²) in [5.41, 5.74) is 8.69. The third-order valence-corrected chi connectivity index (χ3v) is 4.99. The third-order valence-electron chi connectivity index (χ3n) is 3.76. The fourth-order valence-electron chi connectivity index (χ4n) is 2.37. The van der Waals surface area contributed by atoms with Gasteiger partial charge >= 0.3 is 0 Å². The van der Waals surface area contributed by atoms with Crippen LogP contribution in [0.4, 0.5) is 0 Å². The lowest BCUT2D eigenvalue weighted by Crippen LogP contribution is -2.41. The van der Waals surface area contributed by atoms with Crippen molar-refractivity contribution in [2.75, 3.05) is 12.0 Å². The minimum atomic E-state index is -3.14. The lowest BCUT2D eigenvalue weighted by Gasteiger charge is -2.14. The molecule has 0 heterocycles. The topological polar surface area (TPSA) is 89.3 Å². The molecule has 5 nitrogen and oxygen atoms in total. The van der Waals surface area contributed by atoms with Crippen LogP contribution in [0.2, 0.25) is 5.02 Å². The number of carbonyl (C=O) groups is 1. The molecule has 0 saturated carbocycles. The number of nitrogens with one attached hydrogen (secondary N) is 1. The summed E-state index contributed by atoms with van der Waals surface area (Å²) >= 11 is 5.92. The van der Waals surface area contributed by atoms with Gasteiger partial charge in [0.1, 0.15) is 9.84 Å². The first kappa shape index (κ1) is 19.4. The molecule has 2 aromatic rings. The highest BCUT2D eigenvalue weighted by Gasteiger charge is 2.16. The van der Waals surface area contributed by atoms with E-state index in [4.69, 9.17) is 17.3 Å². The summed E-state index contributed by atoms with van der Waals surface area (Å²) in [6.07, 6.45) is 1.23. The van der Waals surface area contributed by atoms with Crippen molar-refractivity contribution in [1.29, 1.82) is 0 Å². The molecule has 134 valence electrons. The number of rotatable bonds is 7. The van der Waals surface area contributed by atoms with Crippen molar-refractivity contribution in [3.05, 3.63) is 59.1 Å². The van der Waals surface area contributed by atoms with Gasteiger partial charge in [0.2, 0.25) is 5.91 Å². The van der Waals surface area contributed by atoms with E-state index in [-0.39, 0.29) is 18.1 Å². The molecule has 0 fully saturated rings. The first-order chi connectivity index (χ1) is 11.8. The predicted octanol–water partition coefficient (Wildman–Crippen LogP) is 2.39. The highest BCUT2D eigenvalue weighted by atomic mass is 35.5. The molecule has 2 rings (SSSR count). The molecule has 0 bridgehead atoms. The van der Waals surface area contributed by atoms with Gasteiger partial charge in [-0.05, 0) is 35.2 Å². The maximum Gasteiger partial charge on any atom is 0.237 e. The Morgan fingerprint density at radius 1 is 1.16 bits per heavy atom. The van der Waals surface area contributed by atoms with Crippen LogP contribution < -0.4 is 11.1 Å². The van der Waals surface area contributed by atoms with E-state index in [2.05, 4.69) is 5.32 Å². The van der Waals surface area contributed by atoms with Crippen LogP contribution in [-0.2, 0) is 21.2 Å². The second-order valence-electron chi connectivity index (χ2n) is 5.91. The van der Waals surface area contributed by atoms with E-state index in [0.717, 1.165) is 22.9 Å². The zero-order valence-electron chi connectivity index (χ0n) is 13.9. The average molecular weight is 381 g/mol. The summed E-state index contributed by atoms with van der Waals surface area (Å²) in [6, 6.07) is 14.3. The Kier molecular flexibility index (Phi) is 6.58. The Bertz CT molecular complexity index is 836. The highest BCUT2D eigenvalue weighted by Crippen LogP contribution is 2.25. The van der Waals surface area contributed by atoms with E-state index >= 15 is 0 Å². The summed E-state index contributed by atoms with van der Waals surface area (Å²) < 4.78 is 22.3. The van der Waals surface area contributed by atoms with Crippen LogP contribution in [0.5, 0.6) is 0 Å². The monoisotopic (exact) mass is 380 g/mol. The molecule has 1 unspecified atom stereocenters. The molecule has 1 amide bonds. The molecule has 0 aromatic heterocycles. The van der Waals surface area contributed by atoms with Gasteiger partial charge < -0.3 is 11.1 Å². The second kappa shape index (κ2) is 8.47. The smallest absolute Gasteiger partial charge is 0.237 e. The average Bonchev–Trinajstić information content (AvgIpc) is 2.58. The molecule has 2 aromatic carbocycles. The summed E-state index contributed by atoms with van der Waals surface area (Å²) in [6.45, 7) is 0.310. The molecule has 7 heteroatoms. The SMILES string of the molecule is CS(=O)(=O)CCC(N)C(=O)NCc1ccccc1-c1ccc(Cl)cc1. The van der Waals surface area contributed by atoms with Crippen LogP contribution in [0.3, 0.4) is 0 Å². The van der Waals surface area contributed by atoms with Gasteiger partial charge in [0, 0.05) is 17.8 Å². The largest absolute Gasteiger partial charge is 0.351 e. The van der Waals surface area contributed by atoms with Crippen molar-refractivity contribution < 1.29 is 13.2 Å². The molecular formula is C18H21ClN2O3S. The molecule has 3 N–H and O–H groups in total. The second-order valence-corrected chi connectivity index (χ2v) is 8.60. The molecular weight excluding hydrogens is 360 g/mol. The molecule has 1 atom stereocenters. The Hall–Kier alpha value is -1.89. The maximum atomic E-state index is 12.1. The van der Waals surface area contributed by atoms with E-state index in [1.54, 1.807) is 0 Å². The molecule has 0 spiro atoms. The zero-order chi connectivity index (χ0) is 18.4. The van der Waals surface area contributed by atoms with Gasteiger partial charge in [0.15, 0.2) is 0 Å². The third kappa shape index (κ3) is 6.16. The van der Waals surface area contributed by atoms with Crippen LogP contribution in [0, 0.1) is 0 Å². The number of nitrogens with two attached hydrogens (primary N) is 1. The number of hydrogen-bond donors (Lipinski definition) is 2. The fraction of sp³-hybridized carbons (Fsp3) is 0.278. The van der Waals surface area contributed by atoms with Gasteiger partial charge in [0.25, 0.3) is 0 Å². The molecule has 0 aliphatic heterocycles. The van der Waals surface area contributed by atoms with Crippen LogP contribution in [0.15, 0.2) is 48.5 Å². The lowest BCUT2D eigenvalue weighted by molar-refractivity contribution is -0.122. The van der Waals surface area contributed by atoms with Gasteiger partial charge in [-0.25, -0.2) is 8.42 Å². The van der Waals surface area contributed by atoms with Crippen LogP contribution in [0.25, 0.3) is 11.1 Å². The Morgan fingerprint density at radius 3 is 2.44 bits per heavy atom. The van der Waals surface area contributed by atoms with Crippen molar-refractivity contribution in [1.82, 2.24) is 5.32 Å². The summed E-state index contributed by atoms with van der Waals surface area (Å²) in [5, 5.41) is 3.43. The molecule has 0 saturated heterocycles. The van der Waals surface area contributed by atoms with Crippen molar-refractivity contribution >= 4 is 27.3 Å². The quantitative estimate of drug-likeness (QED) is 0.771. The van der Waals surface area contributed by atoms with E-state index in [0.29, 0.717) is 11.6 Å². The first-order valence-corrected chi connectivity index (χ1v) is 10.2. The molecule has 0 radical (unpaired) electrons. The van der Waals surface area contributed by atoms with Crippen LogP contribution in [0.1, 0.15) is 12.0 Å². The predicted molar refractivity (Wildman–Crippen MR) is 101 cm³/mol. The minimum absolute atomic E-state index is 0.101. The van der Waals surface area contributed by atoms with Crippen molar-refractivity contribution in [3.8, 4) is 11.1 Å². The summed E-state index contributed by atoms with van der Waals surface area (Å²) in [7, 11) is -3.14. The van der Waals surface area contributed by atoms with Gasteiger partial charge in [-0.15, -0.1) is 0 Å². The van der Waals surface area contributed by atoms with E-state index < -0.39 is 15.9 Å². The minimum Gasteiger partial charge on any atom is -0.351 e. The van der Waals surface area contributed by atoms with E-state index in [9.17, 15) is 13.2 Å². The molecule has 0 aliphatic rings. The maximum absolute atomic E-state index is 12.1. The number of sulfone groups is 1. The van der Waals surface area contributed by atoms with E-state index in [1.165, 1.54) is 0 Å². The highest BCUT2D eigenvalue weighted by molar-refractivity contribution is 7.90. The standard InChI is InChI=1S/C18H21ClN2O3S/c1-25(23,24)11-10-17(20)18(22)21-12-14-4-2-3-5-16(14)13-6-8-15(19)9-7-13/h2-9,17H,10-12,20H2,1H3,(H,21,22). The fourth-order valence-corrected chi connectivity index (χ4v) is 3.18. The first-order valence-electron chi connectivity index (χ1n) is 7.81. The van der Waals surface area contributed by atoms with Gasteiger partial charge in [-0.1, -0.05) is 48.0 Å². The zero-order valence-corrected chi connectivity index (χ0v) is 15.5. The lowest BCUT2D eigenvalue weighted by atomic mass is 9.99. The molecule has 0 aliphatic carbocycles. The molecule has 25 heavy (non-hydrogen) atoms. The van der Waals surface area contributed by atoms with Gasteiger partial charge in [-0.2, -0.15) is 0 Å². The normalized spacial score (nSPS) is 12.6. The number of benzene rings is 2. The van der Waals surface area contributed by atoms with Crippen molar-refractivity contribution in [3.63, 3.8) is 0 Å². The Labute approximate surface area is 153 Å². The van der Waals surface area contributed by atoms with Gasteiger partial charge in [0.05, 0.1) is 11.8 Å².